The Morgan fingerprint density at radius 3 is 2.55 bits per heavy atom. The van der Waals surface area contributed by atoms with E-state index < -0.39 is 5.97 Å². The Morgan fingerprint density at radius 2 is 1.97 bits per heavy atom. The van der Waals surface area contributed by atoms with Gasteiger partial charge in [0.1, 0.15) is 0 Å². The summed E-state index contributed by atoms with van der Waals surface area (Å²) in [6.45, 7) is 10.9. The SMILES string of the molecule is CC(C)[C@@H](C)CC[C@H]1C[C@H]1C(=O)NC1=C(CCCC(=O)O)C[C@@H](C)[C@@H](C#N)[C@@H]1C. The number of carbonyl (C=O) groups excluding carboxylic acids is 1. The molecule has 1 amide bonds. The van der Waals surface area contributed by atoms with Gasteiger partial charge < -0.3 is 10.4 Å². The van der Waals surface area contributed by atoms with Crippen LogP contribution in [0.4, 0.5) is 0 Å². The van der Waals surface area contributed by atoms with Gasteiger partial charge in [-0.05, 0) is 55.8 Å². The zero-order valence-corrected chi connectivity index (χ0v) is 18.7. The smallest absolute Gasteiger partial charge is 0.303 e. The van der Waals surface area contributed by atoms with Gasteiger partial charge in [0.25, 0.3) is 0 Å². The number of carbonyl (C=O) groups is 2. The van der Waals surface area contributed by atoms with Gasteiger partial charge in [0, 0.05) is 24.0 Å². The fraction of sp³-hybridized carbons (Fsp3) is 0.792. The maximum absolute atomic E-state index is 12.9. The summed E-state index contributed by atoms with van der Waals surface area (Å²) in [5.41, 5.74) is 2.03. The molecule has 5 heteroatoms. The number of carboxylic acids is 1. The van der Waals surface area contributed by atoms with E-state index in [1.165, 1.54) is 6.42 Å². The summed E-state index contributed by atoms with van der Waals surface area (Å²) in [4.78, 5) is 23.8. The highest BCUT2D eigenvalue weighted by molar-refractivity contribution is 5.83. The van der Waals surface area contributed by atoms with E-state index >= 15 is 0 Å². The monoisotopic (exact) mass is 402 g/mol. The van der Waals surface area contributed by atoms with Crippen LogP contribution < -0.4 is 5.32 Å². The van der Waals surface area contributed by atoms with Crippen LogP contribution in [0.5, 0.6) is 0 Å². The van der Waals surface area contributed by atoms with E-state index in [4.69, 9.17) is 5.11 Å². The van der Waals surface area contributed by atoms with Crippen molar-refractivity contribution in [2.45, 2.75) is 79.6 Å². The van der Waals surface area contributed by atoms with Crippen molar-refractivity contribution in [2.75, 3.05) is 0 Å². The zero-order valence-electron chi connectivity index (χ0n) is 18.7. The minimum atomic E-state index is -0.792. The third kappa shape index (κ3) is 6.32. The molecule has 2 aliphatic rings. The van der Waals surface area contributed by atoms with E-state index in [1.54, 1.807) is 0 Å². The van der Waals surface area contributed by atoms with Gasteiger partial charge in [-0.1, -0.05) is 46.6 Å². The van der Waals surface area contributed by atoms with Crippen LogP contribution in [0.2, 0.25) is 0 Å². The third-order valence-electron chi connectivity index (χ3n) is 7.22. The van der Waals surface area contributed by atoms with Crippen molar-refractivity contribution in [3.63, 3.8) is 0 Å². The Bertz CT molecular complexity index is 676. The Kier molecular flexibility index (Phi) is 8.31. The molecule has 1 fully saturated rings. The molecule has 2 aliphatic carbocycles. The summed E-state index contributed by atoms with van der Waals surface area (Å²) in [5.74, 6) is 1.32. The first-order valence-electron chi connectivity index (χ1n) is 11.3. The van der Waals surface area contributed by atoms with E-state index in [-0.39, 0.29) is 36.0 Å². The molecular formula is C24H38N2O3. The Labute approximate surface area is 175 Å². The van der Waals surface area contributed by atoms with Crippen LogP contribution in [0.15, 0.2) is 11.3 Å². The molecule has 0 unspecified atom stereocenters. The first-order valence-corrected chi connectivity index (χ1v) is 11.3. The molecule has 0 radical (unpaired) electrons. The second-order valence-corrected chi connectivity index (χ2v) is 9.78. The van der Waals surface area contributed by atoms with Crippen LogP contribution in [-0.4, -0.2) is 17.0 Å². The molecule has 0 aromatic heterocycles. The first kappa shape index (κ1) is 23.4. The molecule has 2 rings (SSSR count). The molecule has 0 aromatic rings. The quantitative estimate of drug-likeness (QED) is 0.529. The molecule has 0 spiro atoms. The van der Waals surface area contributed by atoms with E-state index in [0.717, 1.165) is 30.5 Å². The fourth-order valence-corrected chi connectivity index (χ4v) is 4.67. The van der Waals surface area contributed by atoms with Crippen LogP contribution in [0, 0.1) is 52.8 Å². The summed E-state index contributed by atoms with van der Waals surface area (Å²) in [7, 11) is 0. The number of rotatable bonds is 10. The largest absolute Gasteiger partial charge is 0.481 e. The van der Waals surface area contributed by atoms with Gasteiger partial charge in [0.15, 0.2) is 0 Å². The molecule has 0 aromatic carbocycles. The van der Waals surface area contributed by atoms with E-state index in [0.29, 0.717) is 30.6 Å². The Balaban J connectivity index is 2.02. The minimum Gasteiger partial charge on any atom is -0.481 e. The van der Waals surface area contributed by atoms with Crippen LogP contribution in [0.3, 0.4) is 0 Å². The number of amides is 1. The second kappa shape index (κ2) is 10.3. The molecule has 162 valence electrons. The van der Waals surface area contributed by atoms with Crippen molar-refractivity contribution in [1.82, 2.24) is 5.32 Å². The maximum Gasteiger partial charge on any atom is 0.303 e. The van der Waals surface area contributed by atoms with E-state index in [2.05, 4.69) is 39.1 Å². The lowest BCUT2D eigenvalue weighted by atomic mass is 9.72. The third-order valence-corrected chi connectivity index (χ3v) is 7.22. The lowest BCUT2D eigenvalue weighted by Gasteiger charge is -2.34. The highest BCUT2D eigenvalue weighted by Crippen LogP contribution is 2.45. The van der Waals surface area contributed by atoms with Crippen LogP contribution in [0.1, 0.15) is 79.6 Å². The number of aliphatic carboxylic acids is 1. The van der Waals surface area contributed by atoms with Crippen LogP contribution in [-0.2, 0) is 9.59 Å². The Hall–Kier alpha value is -1.83. The molecule has 29 heavy (non-hydrogen) atoms. The van der Waals surface area contributed by atoms with Crippen LogP contribution >= 0.6 is 0 Å². The summed E-state index contributed by atoms with van der Waals surface area (Å²) in [6, 6.07) is 2.42. The van der Waals surface area contributed by atoms with Crippen molar-refractivity contribution in [3.8, 4) is 6.07 Å². The predicted octanol–water partition coefficient (Wildman–Crippen LogP) is 5.14. The second-order valence-electron chi connectivity index (χ2n) is 9.78. The zero-order chi connectivity index (χ0) is 21.7. The molecule has 5 nitrogen and oxygen atoms in total. The first-order chi connectivity index (χ1) is 13.6. The van der Waals surface area contributed by atoms with Crippen molar-refractivity contribution in [2.24, 2.45) is 41.4 Å². The summed E-state index contributed by atoms with van der Waals surface area (Å²) in [5, 5.41) is 21.7. The highest BCUT2D eigenvalue weighted by Gasteiger charge is 2.44. The molecule has 0 heterocycles. The van der Waals surface area contributed by atoms with Crippen molar-refractivity contribution in [3.05, 3.63) is 11.3 Å². The van der Waals surface area contributed by atoms with Crippen molar-refractivity contribution >= 4 is 11.9 Å². The number of nitrogens with one attached hydrogen (secondary N) is 1. The average molecular weight is 403 g/mol. The van der Waals surface area contributed by atoms with Gasteiger partial charge in [-0.3, -0.25) is 9.59 Å². The van der Waals surface area contributed by atoms with Gasteiger partial charge >= 0.3 is 5.97 Å². The molecule has 0 bridgehead atoms. The van der Waals surface area contributed by atoms with Gasteiger partial charge in [-0.2, -0.15) is 5.26 Å². The lowest BCUT2D eigenvalue weighted by molar-refractivity contribution is -0.137. The lowest BCUT2D eigenvalue weighted by Crippen LogP contribution is -2.36. The van der Waals surface area contributed by atoms with E-state index in [9.17, 15) is 14.9 Å². The maximum atomic E-state index is 12.9. The number of nitrogens with zero attached hydrogens (tertiary/aromatic N) is 1. The predicted molar refractivity (Wildman–Crippen MR) is 114 cm³/mol. The molecule has 0 aliphatic heterocycles. The normalized spacial score (nSPS) is 30.0. The number of nitriles is 1. The average Bonchev–Trinajstić information content (AvgIpc) is 3.42. The summed E-state index contributed by atoms with van der Waals surface area (Å²) < 4.78 is 0. The van der Waals surface area contributed by atoms with Crippen molar-refractivity contribution in [1.29, 1.82) is 5.26 Å². The topological polar surface area (TPSA) is 90.2 Å². The summed E-state index contributed by atoms with van der Waals surface area (Å²) in [6.07, 6.45) is 5.38. The van der Waals surface area contributed by atoms with Gasteiger partial charge in [0.2, 0.25) is 5.91 Å². The fourth-order valence-electron chi connectivity index (χ4n) is 4.67. The van der Waals surface area contributed by atoms with Gasteiger partial charge in [0.05, 0.1) is 12.0 Å². The van der Waals surface area contributed by atoms with Crippen LogP contribution in [0.25, 0.3) is 0 Å². The molecule has 6 atom stereocenters. The number of hydrogen-bond acceptors (Lipinski definition) is 3. The number of carboxylic acid groups (broad SMARTS) is 1. The van der Waals surface area contributed by atoms with Gasteiger partial charge in [-0.25, -0.2) is 0 Å². The molecule has 1 saturated carbocycles. The standard InChI is InChI=1S/C24H38N2O3/c1-14(2)15(3)9-10-18-12-20(18)24(29)26-23-17(5)21(13-25)16(4)11-19(23)7-6-8-22(27)28/h14-18,20-21H,6-12H2,1-5H3,(H,26,29)(H,27,28)/t15-,16+,17-,18-,20+,21+/m0/s1. The Morgan fingerprint density at radius 1 is 1.28 bits per heavy atom. The molecular weight excluding hydrogens is 364 g/mol. The highest BCUT2D eigenvalue weighted by atomic mass is 16.4. The van der Waals surface area contributed by atoms with E-state index in [1.807, 2.05) is 6.92 Å². The number of allylic oxidation sites excluding steroid dienone is 2. The number of hydrogen-bond donors (Lipinski definition) is 2. The molecule has 0 saturated heterocycles. The molecule has 2 N–H and O–H groups in total. The van der Waals surface area contributed by atoms with Gasteiger partial charge in [-0.15, -0.1) is 0 Å². The minimum absolute atomic E-state index is 0.0225. The van der Waals surface area contributed by atoms with Crippen molar-refractivity contribution < 1.29 is 14.7 Å². The summed E-state index contributed by atoms with van der Waals surface area (Å²) >= 11 is 0.